The van der Waals surface area contributed by atoms with Gasteiger partial charge in [-0.3, -0.25) is 4.90 Å². The molecule has 0 atom stereocenters. The van der Waals surface area contributed by atoms with Gasteiger partial charge >= 0.3 is 0 Å². The minimum Gasteiger partial charge on any atom is -0.463 e. The first-order valence-electron chi connectivity index (χ1n) is 6.76. The van der Waals surface area contributed by atoms with Gasteiger partial charge in [0.25, 0.3) is 0 Å². The van der Waals surface area contributed by atoms with Gasteiger partial charge in [-0.15, -0.1) is 0 Å². The topological polar surface area (TPSA) is 28.4 Å². The van der Waals surface area contributed by atoms with Gasteiger partial charge in [0, 0.05) is 6.54 Å². The van der Waals surface area contributed by atoms with Gasteiger partial charge in [-0.1, -0.05) is 6.92 Å². The monoisotopic (exact) mass is 278 g/mol. The van der Waals surface area contributed by atoms with E-state index in [2.05, 4.69) is 53.1 Å². The van der Waals surface area contributed by atoms with Crippen LogP contribution in [0.25, 0.3) is 0 Å². The maximum absolute atomic E-state index is 5.82. The molecule has 0 spiro atoms. The Morgan fingerprint density at radius 1 is 1.21 bits per heavy atom. The zero-order valence-corrected chi connectivity index (χ0v) is 12.5. The molecule has 3 nitrogen and oxygen atoms in total. The van der Waals surface area contributed by atoms with Crippen molar-refractivity contribution in [3.05, 3.63) is 46.0 Å². The summed E-state index contributed by atoms with van der Waals surface area (Å²) in [7, 11) is 2.12. The molecule has 0 aliphatic heterocycles. The number of nitrogens with one attached hydrogen (secondary N) is 1. The Kier molecular flexibility index (Phi) is 5.63. The first-order chi connectivity index (χ1) is 9.28. The fraction of sp³-hybridized carbons (Fsp3) is 0.467. The van der Waals surface area contributed by atoms with E-state index in [-0.39, 0.29) is 0 Å². The van der Waals surface area contributed by atoms with Crippen LogP contribution in [0.4, 0.5) is 0 Å². The molecule has 0 aliphatic carbocycles. The lowest BCUT2D eigenvalue weighted by Crippen LogP contribution is -2.16. The highest BCUT2D eigenvalue weighted by molar-refractivity contribution is 7.07. The lowest BCUT2D eigenvalue weighted by atomic mass is 10.3. The summed E-state index contributed by atoms with van der Waals surface area (Å²) in [5.74, 6) is 2.05. The Morgan fingerprint density at radius 3 is 2.79 bits per heavy atom. The molecular formula is C15H22N2OS. The van der Waals surface area contributed by atoms with Crippen LogP contribution < -0.4 is 5.32 Å². The average molecular weight is 278 g/mol. The van der Waals surface area contributed by atoms with Gasteiger partial charge in [0.1, 0.15) is 11.5 Å². The van der Waals surface area contributed by atoms with Gasteiger partial charge in [-0.25, -0.2) is 0 Å². The Morgan fingerprint density at radius 2 is 2.05 bits per heavy atom. The molecular weight excluding hydrogens is 256 g/mol. The van der Waals surface area contributed by atoms with E-state index in [0.717, 1.165) is 44.1 Å². The van der Waals surface area contributed by atoms with E-state index < -0.39 is 0 Å². The molecule has 19 heavy (non-hydrogen) atoms. The SMILES string of the molecule is CCCNCc1ccc(CN(C)Cc2ccsc2)o1. The second-order valence-electron chi connectivity index (χ2n) is 4.85. The highest BCUT2D eigenvalue weighted by atomic mass is 32.1. The maximum Gasteiger partial charge on any atom is 0.118 e. The molecule has 2 aromatic rings. The number of thiophene rings is 1. The molecule has 2 aromatic heterocycles. The zero-order chi connectivity index (χ0) is 13.5. The smallest absolute Gasteiger partial charge is 0.118 e. The fourth-order valence-electron chi connectivity index (χ4n) is 2.01. The average Bonchev–Trinajstić information content (AvgIpc) is 3.02. The Bertz CT molecular complexity index is 464. The number of nitrogens with zero attached hydrogens (tertiary/aromatic N) is 1. The Balaban J connectivity index is 1.78. The van der Waals surface area contributed by atoms with E-state index in [1.54, 1.807) is 11.3 Å². The summed E-state index contributed by atoms with van der Waals surface area (Å²) in [6, 6.07) is 6.31. The lowest BCUT2D eigenvalue weighted by Gasteiger charge is -2.13. The second kappa shape index (κ2) is 7.48. The maximum atomic E-state index is 5.82. The highest BCUT2D eigenvalue weighted by Crippen LogP contribution is 2.13. The van der Waals surface area contributed by atoms with Crippen LogP contribution in [0, 0.1) is 0 Å². The summed E-state index contributed by atoms with van der Waals surface area (Å²) in [5.41, 5.74) is 1.36. The third-order valence-corrected chi connectivity index (χ3v) is 3.63. The van der Waals surface area contributed by atoms with Crippen molar-refractivity contribution in [1.82, 2.24) is 10.2 Å². The number of furan rings is 1. The number of hydrogen-bond acceptors (Lipinski definition) is 4. The van der Waals surface area contributed by atoms with Crippen LogP contribution in [0.5, 0.6) is 0 Å². The summed E-state index contributed by atoms with van der Waals surface area (Å²) in [5, 5.41) is 7.66. The molecule has 2 heterocycles. The third-order valence-electron chi connectivity index (χ3n) is 2.90. The van der Waals surface area contributed by atoms with Crippen LogP contribution in [-0.2, 0) is 19.6 Å². The second-order valence-corrected chi connectivity index (χ2v) is 5.63. The largest absolute Gasteiger partial charge is 0.463 e. The van der Waals surface area contributed by atoms with Gasteiger partial charge in [-0.05, 0) is 54.5 Å². The van der Waals surface area contributed by atoms with Gasteiger partial charge in [0.05, 0.1) is 13.1 Å². The van der Waals surface area contributed by atoms with Crippen molar-refractivity contribution < 1.29 is 4.42 Å². The third kappa shape index (κ3) is 4.82. The predicted molar refractivity (Wildman–Crippen MR) is 80.2 cm³/mol. The van der Waals surface area contributed by atoms with E-state index in [1.165, 1.54) is 5.56 Å². The normalized spacial score (nSPS) is 11.3. The lowest BCUT2D eigenvalue weighted by molar-refractivity contribution is 0.283. The molecule has 0 saturated heterocycles. The van der Waals surface area contributed by atoms with Gasteiger partial charge in [0.2, 0.25) is 0 Å². The molecule has 1 N–H and O–H groups in total. The minimum atomic E-state index is 0.822. The summed E-state index contributed by atoms with van der Waals surface area (Å²) in [6.07, 6.45) is 1.15. The van der Waals surface area contributed by atoms with Gasteiger partial charge in [0.15, 0.2) is 0 Å². The summed E-state index contributed by atoms with van der Waals surface area (Å²) >= 11 is 1.74. The van der Waals surface area contributed by atoms with Crippen LogP contribution >= 0.6 is 11.3 Å². The van der Waals surface area contributed by atoms with Crippen molar-refractivity contribution >= 4 is 11.3 Å². The minimum absolute atomic E-state index is 0.822. The van der Waals surface area contributed by atoms with E-state index in [9.17, 15) is 0 Å². The Hall–Kier alpha value is -1.10. The van der Waals surface area contributed by atoms with E-state index in [1.807, 2.05) is 0 Å². The summed E-state index contributed by atoms with van der Waals surface area (Å²) in [4.78, 5) is 2.27. The predicted octanol–water partition coefficient (Wildman–Crippen LogP) is 3.47. The standard InChI is InChI=1S/C15H22N2OS/c1-3-7-16-9-14-4-5-15(18-14)11-17(2)10-13-6-8-19-12-13/h4-6,8,12,16H,3,7,9-11H2,1-2H3. The fourth-order valence-corrected chi connectivity index (χ4v) is 2.67. The van der Waals surface area contributed by atoms with Crippen LogP contribution in [0.1, 0.15) is 30.4 Å². The quantitative estimate of drug-likeness (QED) is 0.749. The number of rotatable bonds is 8. The molecule has 0 amide bonds. The molecule has 2 rings (SSSR count). The summed E-state index contributed by atoms with van der Waals surface area (Å²) in [6.45, 7) is 5.84. The van der Waals surface area contributed by atoms with Crippen molar-refractivity contribution in [2.45, 2.75) is 33.0 Å². The molecule has 104 valence electrons. The van der Waals surface area contributed by atoms with Crippen molar-refractivity contribution in [2.75, 3.05) is 13.6 Å². The molecule has 0 fully saturated rings. The van der Waals surface area contributed by atoms with Gasteiger partial charge in [-0.2, -0.15) is 11.3 Å². The summed E-state index contributed by atoms with van der Waals surface area (Å²) < 4.78 is 5.82. The van der Waals surface area contributed by atoms with E-state index >= 15 is 0 Å². The van der Waals surface area contributed by atoms with Crippen LogP contribution in [0.3, 0.4) is 0 Å². The van der Waals surface area contributed by atoms with Crippen molar-refractivity contribution in [1.29, 1.82) is 0 Å². The zero-order valence-electron chi connectivity index (χ0n) is 11.7. The van der Waals surface area contributed by atoms with Crippen molar-refractivity contribution in [3.8, 4) is 0 Å². The first kappa shape index (κ1) is 14.3. The molecule has 0 aliphatic rings. The molecule has 0 aromatic carbocycles. The van der Waals surface area contributed by atoms with Crippen LogP contribution in [-0.4, -0.2) is 18.5 Å². The Labute approximate surface area is 119 Å². The van der Waals surface area contributed by atoms with Gasteiger partial charge < -0.3 is 9.73 Å². The number of hydrogen-bond donors (Lipinski definition) is 1. The van der Waals surface area contributed by atoms with Crippen molar-refractivity contribution in [2.24, 2.45) is 0 Å². The van der Waals surface area contributed by atoms with Crippen LogP contribution in [0.15, 0.2) is 33.4 Å². The van der Waals surface area contributed by atoms with E-state index in [0.29, 0.717) is 0 Å². The molecule has 0 saturated carbocycles. The molecule has 4 heteroatoms. The van der Waals surface area contributed by atoms with E-state index in [4.69, 9.17) is 4.42 Å². The molecule has 0 radical (unpaired) electrons. The van der Waals surface area contributed by atoms with Crippen LogP contribution in [0.2, 0.25) is 0 Å². The van der Waals surface area contributed by atoms with Crippen molar-refractivity contribution in [3.63, 3.8) is 0 Å². The molecule has 0 bridgehead atoms. The highest BCUT2D eigenvalue weighted by Gasteiger charge is 2.06. The molecule has 0 unspecified atom stereocenters. The first-order valence-corrected chi connectivity index (χ1v) is 7.70.